The Morgan fingerprint density at radius 1 is 0.906 bits per heavy atom. The Balaban J connectivity index is 1.98. The first-order chi connectivity index (χ1) is 15.4. The topological polar surface area (TPSA) is 49.4 Å². The summed E-state index contributed by atoms with van der Waals surface area (Å²) in [6.07, 6.45) is 0.404. The van der Waals surface area contributed by atoms with Crippen LogP contribution in [0, 0.1) is 6.92 Å². The van der Waals surface area contributed by atoms with Crippen LogP contribution in [0.5, 0.6) is 0 Å². The fraction of sp³-hybridized carbons (Fsp3) is 0.231. The van der Waals surface area contributed by atoms with Crippen molar-refractivity contribution in [1.29, 1.82) is 0 Å². The van der Waals surface area contributed by atoms with E-state index in [4.69, 9.17) is 23.2 Å². The second-order valence-corrected chi connectivity index (χ2v) is 8.52. The zero-order chi connectivity index (χ0) is 23.1. The molecule has 0 heterocycles. The molecule has 3 rings (SSSR count). The van der Waals surface area contributed by atoms with Crippen molar-refractivity contribution in [3.8, 4) is 0 Å². The Labute approximate surface area is 199 Å². The molecule has 0 aromatic heterocycles. The summed E-state index contributed by atoms with van der Waals surface area (Å²) < 4.78 is 0. The van der Waals surface area contributed by atoms with Gasteiger partial charge >= 0.3 is 0 Å². The Morgan fingerprint density at radius 2 is 1.53 bits per heavy atom. The van der Waals surface area contributed by atoms with Gasteiger partial charge in [-0.1, -0.05) is 89.4 Å². The molecule has 0 spiro atoms. The number of hydrogen-bond acceptors (Lipinski definition) is 2. The van der Waals surface area contributed by atoms with Crippen molar-refractivity contribution in [3.63, 3.8) is 0 Å². The highest BCUT2D eigenvalue weighted by atomic mass is 35.5. The van der Waals surface area contributed by atoms with Gasteiger partial charge in [0.25, 0.3) is 0 Å². The quantitative estimate of drug-likeness (QED) is 0.491. The van der Waals surface area contributed by atoms with Gasteiger partial charge in [-0.2, -0.15) is 0 Å². The molecule has 0 bridgehead atoms. The molecule has 0 radical (unpaired) electrons. The van der Waals surface area contributed by atoms with Gasteiger partial charge in [0, 0.05) is 30.1 Å². The van der Waals surface area contributed by atoms with Crippen molar-refractivity contribution < 1.29 is 9.59 Å². The SMILES string of the molecule is CNC(=O)[C@H](Cc1ccccc1)N(Cc1cccc(C)c1)C(=O)Cc1c(Cl)cccc1Cl. The van der Waals surface area contributed by atoms with Crippen LogP contribution in [-0.2, 0) is 29.0 Å². The van der Waals surface area contributed by atoms with E-state index in [1.54, 1.807) is 30.1 Å². The Hall–Kier alpha value is -2.82. The lowest BCUT2D eigenvalue weighted by atomic mass is 10.0. The average molecular weight is 469 g/mol. The molecule has 3 aromatic rings. The lowest BCUT2D eigenvalue weighted by molar-refractivity contribution is -0.140. The van der Waals surface area contributed by atoms with E-state index in [1.165, 1.54) is 0 Å². The first-order valence-electron chi connectivity index (χ1n) is 10.4. The highest BCUT2D eigenvalue weighted by Gasteiger charge is 2.30. The normalized spacial score (nSPS) is 11.6. The molecule has 1 atom stereocenters. The summed E-state index contributed by atoms with van der Waals surface area (Å²) in [5.41, 5.74) is 3.57. The number of likely N-dealkylation sites (N-methyl/N-ethyl adjacent to an activating group) is 1. The molecule has 3 aromatic carbocycles. The van der Waals surface area contributed by atoms with Crippen LogP contribution < -0.4 is 5.32 Å². The summed E-state index contributed by atoms with van der Waals surface area (Å²) in [4.78, 5) is 28.2. The molecule has 166 valence electrons. The second kappa shape index (κ2) is 11.2. The summed E-state index contributed by atoms with van der Waals surface area (Å²) in [7, 11) is 1.58. The minimum Gasteiger partial charge on any atom is -0.357 e. The summed E-state index contributed by atoms with van der Waals surface area (Å²) in [5, 5.41) is 3.58. The molecule has 0 aliphatic heterocycles. The number of nitrogens with one attached hydrogen (secondary N) is 1. The van der Waals surface area contributed by atoms with Crippen molar-refractivity contribution >= 4 is 35.0 Å². The monoisotopic (exact) mass is 468 g/mol. The number of rotatable bonds is 8. The third-order valence-corrected chi connectivity index (χ3v) is 6.05. The van der Waals surface area contributed by atoms with Gasteiger partial charge in [-0.15, -0.1) is 0 Å². The summed E-state index contributed by atoms with van der Waals surface area (Å²) in [6.45, 7) is 2.30. The van der Waals surface area contributed by atoms with Gasteiger partial charge in [-0.05, 0) is 35.7 Å². The van der Waals surface area contributed by atoms with E-state index in [1.807, 2.05) is 61.5 Å². The van der Waals surface area contributed by atoms with Crippen molar-refractivity contribution in [2.75, 3.05) is 7.05 Å². The van der Waals surface area contributed by atoms with Gasteiger partial charge in [-0.3, -0.25) is 9.59 Å². The molecule has 32 heavy (non-hydrogen) atoms. The van der Waals surface area contributed by atoms with Gasteiger partial charge in [0.15, 0.2) is 0 Å². The number of carbonyl (C=O) groups excluding carboxylic acids is 2. The second-order valence-electron chi connectivity index (χ2n) is 7.71. The van der Waals surface area contributed by atoms with Crippen molar-refractivity contribution in [2.24, 2.45) is 0 Å². The highest BCUT2D eigenvalue weighted by molar-refractivity contribution is 6.36. The Bertz CT molecular complexity index is 1070. The molecule has 6 heteroatoms. The van der Waals surface area contributed by atoms with Crippen LogP contribution in [0.2, 0.25) is 10.0 Å². The Morgan fingerprint density at radius 3 is 2.16 bits per heavy atom. The molecule has 0 saturated carbocycles. The van der Waals surface area contributed by atoms with E-state index in [-0.39, 0.29) is 18.2 Å². The van der Waals surface area contributed by atoms with Gasteiger partial charge in [0.05, 0.1) is 6.42 Å². The third-order valence-electron chi connectivity index (χ3n) is 5.34. The molecule has 4 nitrogen and oxygen atoms in total. The first-order valence-corrected chi connectivity index (χ1v) is 11.2. The van der Waals surface area contributed by atoms with Crippen molar-refractivity contribution in [1.82, 2.24) is 10.2 Å². The maximum Gasteiger partial charge on any atom is 0.242 e. The van der Waals surface area contributed by atoms with Crippen LogP contribution in [0.3, 0.4) is 0 Å². The van der Waals surface area contributed by atoms with E-state index in [9.17, 15) is 9.59 Å². The molecular weight excluding hydrogens is 443 g/mol. The minimum atomic E-state index is -0.684. The van der Waals surface area contributed by atoms with Crippen LogP contribution in [0.1, 0.15) is 22.3 Å². The van der Waals surface area contributed by atoms with Crippen LogP contribution in [0.25, 0.3) is 0 Å². The number of benzene rings is 3. The molecule has 0 aliphatic carbocycles. The maximum atomic E-state index is 13.6. The number of nitrogens with zero attached hydrogens (tertiary/aromatic N) is 1. The molecule has 1 N–H and O–H groups in total. The minimum absolute atomic E-state index is 0.00655. The summed E-state index contributed by atoms with van der Waals surface area (Å²) in [5.74, 6) is -0.439. The molecule has 0 unspecified atom stereocenters. The number of amides is 2. The van der Waals surface area contributed by atoms with Crippen LogP contribution in [0.15, 0.2) is 72.8 Å². The number of carbonyl (C=O) groups is 2. The summed E-state index contributed by atoms with van der Waals surface area (Å²) in [6, 6.07) is 22.1. The average Bonchev–Trinajstić information content (AvgIpc) is 2.79. The van der Waals surface area contributed by atoms with Crippen LogP contribution >= 0.6 is 23.2 Å². The van der Waals surface area contributed by atoms with E-state index < -0.39 is 6.04 Å². The molecule has 2 amide bonds. The van der Waals surface area contributed by atoms with Gasteiger partial charge < -0.3 is 10.2 Å². The fourth-order valence-electron chi connectivity index (χ4n) is 3.68. The van der Waals surface area contributed by atoms with Crippen LogP contribution in [-0.4, -0.2) is 29.8 Å². The standard InChI is InChI=1S/C26H26Cl2N2O2/c1-18-8-6-11-20(14-18)17-30(25(31)16-21-22(27)12-7-13-23(21)28)24(26(32)29-2)15-19-9-4-3-5-10-19/h3-14,24H,15-17H2,1-2H3,(H,29,32)/t24-/m0/s1. The largest absolute Gasteiger partial charge is 0.357 e. The predicted octanol–water partition coefficient (Wildman–Crippen LogP) is 5.23. The lowest BCUT2D eigenvalue weighted by Gasteiger charge is -2.31. The van der Waals surface area contributed by atoms with Gasteiger partial charge in [0.1, 0.15) is 6.04 Å². The number of aryl methyl sites for hydroxylation is 1. The van der Waals surface area contributed by atoms with Crippen molar-refractivity contribution in [3.05, 3.63) is 105 Å². The fourth-order valence-corrected chi connectivity index (χ4v) is 4.21. The van der Waals surface area contributed by atoms with Gasteiger partial charge in [0.2, 0.25) is 11.8 Å². The zero-order valence-electron chi connectivity index (χ0n) is 18.1. The summed E-state index contributed by atoms with van der Waals surface area (Å²) >= 11 is 12.6. The smallest absolute Gasteiger partial charge is 0.242 e. The van der Waals surface area contributed by atoms with Crippen LogP contribution in [0.4, 0.5) is 0 Å². The first kappa shape index (κ1) is 23.8. The molecular formula is C26H26Cl2N2O2. The molecule has 0 fully saturated rings. The highest BCUT2D eigenvalue weighted by Crippen LogP contribution is 2.26. The van der Waals surface area contributed by atoms with E-state index in [2.05, 4.69) is 5.32 Å². The maximum absolute atomic E-state index is 13.6. The molecule has 0 aliphatic rings. The van der Waals surface area contributed by atoms with Gasteiger partial charge in [-0.25, -0.2) is 0 Å². The predicted molar refractivity (Wildman–Crippen MR) is 130 cm³/mol. The van der Waals surface area contributed by atoms with E-state index >= 15 is 0 Å². The lowest BCUT2D eigenvalue weighted by Crippen LogP contribution is -2.50. The molecule has 0 saturated heterocycles. The number of hydrogen-bond donors (Lipinski definition) is 1. The van der Waals surface area contributed by atoms with E-state index in [0.717, 1.165) is 16.7 Å². The van der Waals surface area contributed by atoms with Crippen molar-refractivity contribution in [2.45, 2.75) is 32.4 Å². The zero-order valence-corrected chi connectivity index (χ0v) is 19.7. The Kier molecular flexibility index (Phi) is 8.32. The van der Waals surface area contributed by atoms with E-state index in [0.29, 0.717) is 28.6 Å². The number of halogens is 2. The third kappa shape index (κ3) is 6.12.